The van der Waals surface area contributed by atoms with Gasteiger partial charge in [-0.15, -0.1) is 11.8 Å². The maximum absolute atomic E-state index is 12.4. The van der Waals surface area contributed by atoms with Gasteiger partial charge in [-0.3, -0.25) is 4.79 Å². The number of nitrogens with one attached hydrogen (secondary N) is 1. The highest BCUT2D eigenvalue weighted by Crippen LogP contribution is 2.44. The molecule has 7 heteroatoms. The number of thioether (sulfide) groups is 1. The average molecular weight is 494 g/mol. The second kappa shape index (κ2) is 9.26. The number of rotatable bonds is 4. The first-order valence-electron chi connectivity index (χ1n) is 10.5. The van der Waals surface area contributed by atoms with Gasteiger partial charge in [0.05, 0.1) is 23.2 Å². The van der Waals surface area contributed by atoms with E-state index < -0.39 is 0 Å². The Labute approximate surface area is 207 Å². The van der Waals surface area contributed by atoms with Gasteiger partial charge in [0, 0.05) is 34.7 Å². The van der Waals surface area contributed by atoms with Crippen molar-refractivity contribution in [3.8, 4) is 0 Å². The Morgan fingerprint density at radius 3 is 2.55 bits per heavy atom. The van der Waals surface area contributed by atoms with Crippen LogP contribution in [-0.2, 0) is 11.8 Å². The maximum Gasteiger partial charge on any atom is 0.234 e. The van der Waals surface area contributed by atoms with Gasteiger partial charge in [0.15, 0.2) is 0 Å². The molecule has 1 aliphatic heterocycles. The van der Waals surface area contributed by atoms with Crippen LogP contribution >= 0.6 is 35.0 Å². The van der Waals surface area contributed by atoms with E-state index >= 15 is 0 Å². The van der Waals surface area contributed by atoms with Crippen molar-refractivity contribution in [3.63, 3.8) is 0 Å². The molecule has 1 amide bonds. The maximum atomic E-state index is 12.4. The number of amides is 1. The molecule has 2 unspecified atom stereocenters. The number of nitrogens with zero attached hydrogens (tertiary/aromatic N) is 2. The summed E-state index contributed by atoms with van der Waals surface area (Å²) in [5, 5.41) is 4.43. The van der Waals surface area contributed by atoms with Crippen LogP contribution < -0.4 is 5.32 Å². The van der Waals surface area contributed by atoms with Crippen molar-refractivity contribution in [3.05, 3.63) is 117 Å². The summed E-state index contributed by atoms with van der Waals surface area (Å²) in [5.74, 6) is 0.340. The van der Waals surface area contributed by atoms with Crippen LogP contribution in [0.4, 0.5) is 5.69 Å². The zero-order valence-electron chi connectivity index (χ0n) is 17.8. The monoisotopic (exact) mass is 493 g/mol. The van der Waals surface area contributed by atoms with E-state index in [4.69, 9.17) is 23.2 Å². The van der Waals surface area contributed by atoms with Crippen LogP contribution in [0.2, 0.25) is 10.0 Å². The fourth-order valence-electron chi connectivity index (χ4n) is 4.31. The highest BCUT2D eigenvalue weighted by Gasteiger charge is 2.27. The first-order valence-corrected chi connectivity index (χ1v) is 12.3. The number of anilines is 1. The van der Waals surface area contributed by atoms with Crippen LogP contribution in [-0.4, -0.2) is 21.2 Å². The van der Waals surface area contributed by atoms with Crippen molar-refractivity contribution in [2.75, 3.05) is 11.1 Å². The van der Waals surface area contributed by atoms with Gasteiger partial charge >= 0.3 is 0 Å². The smallest absolute Gasteiger partial charge is 0.234 e. The number of aryl methyl sites for hydroxylation is 1. The van der Waals surface area contributed by atoms with Gasteiger partial charge in [-0.1, -0.05) is 59.6 Å². The van der Waals surface area contributed by atoms with Gasteiger partial charge < -0.3 is 9.88 Å². The molecule has 33 heavy (non-hydrogen) atoms. The first kappa shape index (κ1) is 22.1. The molecule has 0 saturated carbocycles. The van der Waals surface area contributed by atoms with Crippen molar-refractivity contribution in [2.45, 2.75) is 11.2 Å². The molecule has 2 heterocycles. The van der Waals surface area contributed by atoms with E-state index in [0.717, 1.165) is 33.6 Å². The Kier molecular flexibility index (Phi) is 6.19. The topological polar surface area (TPSA) is 46.9 Å². The second-order valence-electron chi connectivity index (χ2n) is 8.05. The van der Waals surface area contributed by atoms with Crippen molar-refractivity contribution < 1.29 is 4.79 Å². The number of imidazole rings is 1. The Balaban J connectivity index is 1.67. The molecule has 1 aromatic heterocycles. The Morgan fingerprint density at radius 1 is 1.03 bits per heavy atom. The SMILES string of the molecule is Cn1cncc1C(c1ccc(Cl)cc1)c1ccc2c(c1)C(c1cccc(Cl)c1)SCC(=O)N2. The van der Waals surface area contributed by atoms with E-state index in [1.54, 1.807) is 11.8 Å². The van der Waals surface area contributed by atoms with Crippen LogP contribution in [0.5, 0.6) is 0 Å². The Bertz CT molecular complexity index is 1320. The number of halogens is 2. The lowest BCUT2D eigenvalue weighted by Crippen LogP contribution is -2.13. The normalized spacial score (nSPS) is 16.6. The number of hydrogen-bond acceptors (Lipinski definition) is 3. The van der Waals surface area contributed by atoms with Crippen molar-refractivity contribution in [2.24, 2.45) is 7.05 Å². The molecule has 5 rings (SSSR count). The quantitative estimate of drug-likeness (QED) is 0.344. The van der Waals surface area contributed by atoms with Gasteiger partial charge in [-0.05, 0) is 52.6 Å². The minimum Gasteiger partial charge on any atom is -0.337 e. The lowest BCUT2D eigenvalue weighted by Gasteiger charge is -2.23. The van der Waals surface area contributed by atoms with E-state index in [0.29, 0.717) is 15.8 Å². The molecule has 0 aliphatic carbocycles. The van der Waals surface area contributed by atoms with Crippen LogP contribution in [0.1, 0.15) is 39.1 Å². The molecule has 4 nitrogen and oxygen atoms in total. The van der Waals surface area contributed by atoms with E-state index in [9.17, 15) is 4.79 Å². The summed E-state index contributed by atoms with van der Waals surface area (Å²) >= 11 is 14.1. The summed E-state index contributed by atoms with van der Waals surface area (Å²) in [6.45, 7) is 0. The van der Waals surface area contributed by atoms with Gasteiger partial charge in [0.2, 0.25) is 5.91 Å². The number of benzene rings is 3. The zero-order chi connectivity index (χ0) is 22.9. The molecule has 1 aliphatic rings. The molecular weight excluding hydrogens is 473 g/mol. The van der Waals surface area contributed by atoms with E-state index in [-0.39, 0.29) is 17.1 Å². The molecular formula is C26H21Cl2N3OS. The lowest BCUT2D eigenvalue weighted by atomic mass is 9.86. The van der Waals surface area contributed by atoms with Gasteiger partial charge in [-0.25, -0.2) is 4.98 Å². The third-order valence-electron chi connectivity index (χ3n) is 5.85. The highest BCUT2D eigenvalue weighted by atomic mass is 35.5. The zero-order valence-corrected chi connectivity index (χ0v) is 20.2. The predicted molar refractivity (Wildman–Crippen MR) is 136 cm³/mol. The van der Waals surface area contributed by atoms with Gasteiger partial charge in [0.25, 0.3) is 0 Å². The van der Waals surface area contributed by atoms with Gasteiger partial charge in [-0.2, -0.15) is 0 Å². The molecule has 166 valence electrons. The first-order chi connectivity index (χ1) is 16.0. The molecule has 0 fully saturated rings. The number of fused-ring (bicyclic) bond motifs is 1. The fraction of sp³-hybridized carbons (Fsp3) is 0.154. The summed E-state index contributed by atoms with van der Waals surface area (Å²) in [6.07, 6.45) is 3.71. The van der Waals surface area contributed by atoms with Crippen LogP contribution in [0, 0.1) is 0 Å². The molecule has 0 bridgehead atoms. The van der Waals surface area contributed by atoms with Crippen molar-refractivity contribution in [1.29, 1.82) is 0 Å². The largest absolute Gasteiger partial charge is 0.337 e. The standard InChI is InChI=1S/C26H21Cl2N3OS/c1-31-15-29-13-23(31)25(16-5-8-19(27)9-6-16)17-7-10-22-21(12-17)26(33-14-24(32)30-22)18-3-2-4-20(28)11-18/h2-13,15,25-26H,14H2,1H3,(H,30,32). The highest BCUT2D eigenvalue weighted by molar-refractivity contribution is 8.00. The van der Waals surface area contributed by atoms with Crippen molar-refractivity contribution in [1.82, 2.24) is 9.55 Å². The minimum atomic E-state index is -0.0379. The second-order valence-corrected chi connectivity index (χ2v) is 10.0. The molecule has 0 spiro atoms. The third kappa shape index (κ3) is 4.54. The van der Waals surface area contributed by atoms with E-state index in [2.05, 4.69) is 40.6 Å². The molecule has 2 atom stereocenters. The predicted octanol–water partition coefficient (Wildman–Crippen LogP) is 6.68. The molecule has 0 saturated heterocycles. The summed E-state index contributed by atoms with van der Waals surface area (Å²) in [7, 11) is 2.00. The Hall–Kier alpha value is -2.73. The number of hydrogen-bond donors (Lipinski definition) is 1. The summed E-state index contributed by atoms with van der Waals surface area (Å²) in [6, 6.07) is 22.1. The van der Waals surface area contributed by atoms with Crippen LogP contribution in [0.3, 0.4) is 0 Å². The average Bonchev–Trinajstić information content (AvgIpc) is 3.14. The Morgan fingerprint density at radius 2 is 1.82 bits per heavy atom. The van der Waals surface area contributed by atoms with Crippen molar-refractivity contribution >= 4 is 46.6 Å². The fourth-order valence-corrected chi connectivity index (χ4v) is 5.74. The van der Waals surface area contributed by atoms with Crippen LogP contribution in [0.15, 0.2) is 79.3 Å². The van der Waals surface area contributed by atoms with E-state index in [1.807, 2.05) is 60.5 Å². The summed E-state index contributed by atoms with van der Waals surface area (Å²) in [4.78, 5) is 16.8. The molecule has 1 N–H and O–H groups in total. The summed E-state index contributed by atoms with van der Waals surface area (Å²) < 4.78 is 2.04. The molecule has 3 aromatic carbocycles. The van der Waals surface area contributed by atoms with E-state index in [1.165, 1.54) is 0 Å². The number of carbonyl (C=O) groups is 1. The molecule has 4 aromatic rings. The summed E-state index contributed by atoms with van der Waals surface area (Å²) in [5.41, 5.74) is 6.27. The van der Waals surface area contributed by atoms with Crippen LogP contribution in [0.25, 0.3) is 0 Å². The van der Waals surface area contributed by atoms with Gasteiger partial charge in [0.1, 0.15) is 0 Å². The number of aromatic nitrogens is 2. The number of carbonyl (C=O) groups excluding carboxylic acids is 1. The lowest BCUT2D eigenvalue weighted by molar-refractivity contribution is -0.113. The molecule has 0 radical (unpaired) electrons. The minimum absolute atomic E-state index is 0.000543. The third-order valence-corrected chi connectivity index (χ3v) is 7.63.